The van der Waals surface area contributed by atoms with Gasteiger partial charge in [0, 0.05) is 12.3 Å². The van der Waals surface area contributed by atoms with Gasteiger partial charge >= 0.3 is 0 Å². The van der Waals surface area contributed by atoms with Gasteiger partial charge in [-0.3, -0.25) is 4.79 Å². The van der Waals surface area contributed by atoms with Gasteiger partial charge in [-0.1, -0.05) is 36.4 Å². The third-order valence-electron chi connectivity index (χ3n) is 2.36. The molecule has 0 saturated heterocycles. The summed E-state index contributed by atoms with van der Waals surface area (Å²) in [6.07, 6.45) is -0.624. The van der Waals surface area contributed by atoms with Crippen LogP contribution in [0.4, 0.5) is 0 Å². The molecule has 0 fully saturated rings. The predicted octanol–water partition coefficient (Wildman–Crippen LogP) is 2.91. The molecule has 5 heteroatoms. The Morgan fingerprint density at radius 1 is 1.25 bits per heavy atom. The highest BCUT2D eigenvalue weighted by Crippen LogP contribution is 2.25. The summed E-state index contributed by atoms with van der Waals surface area (Å²) in [6.45, 7) is 1.30. The van der Waals surface area contributed by atoms with E-state index < -0.39 is 12.1 Å². The van der Waals surface area contributed by atoms with Crippen molar-refractivity contribution in [1.29, 1.82) is 0 Å². The average Bonchev–Trinajstić information content (AvgIpc) is 2.44. The monoisotopic (exact) mass is 296 g/mol. The van der Waals surface area contributed by atoms with Crippen LogP contribution in [0.2, 0.25) is 0 Å². The lowest BCUT2D eigenvalue weighted by Gasteiger charge is -2.11. The van der Waals surface area contributed by atoms with Crippen LogP contribution in [0.25, 0.3) is 10.8 Å². The molecule has 0 unspecified atom stereocenters. The molecule has 0 spiro atoms. The molecule has 0 saturated carbocycles. The van der Waals surface area contributed by atoms with E-state index in [4.69, 9.17) is 26.2 Å². The number of carbonyl (C=O) groups is 1. The molecule has 0 bridgehead atoms. The van der Waals surface area contributed by atoms with E-state index in [0.717, 1.165) is 23.4 Å². The maximum absolute atomic E-state index is 9.33. The molecule has 4 nitrogen and oxygen atoms in total. The van der Waals surface area contributed by atoms with Gasteiger partial charge in [-0.25, -0.2) is 0 Å². The minimum Gasteiger partial charge on any atom is -0.490 e. The lowest BCUT2D eigenvalue weighted by atomic mass is 10.1. The molecule has 0 aliphatic carbocycles. The molecule has 1 atom stereocenters. The van der Waals surface area contributed by atoms with E-state index in [-0.39, 0.29) is 12.5 Å². The van der Waals surface area contributed by atoms with E-state index in [1.165, 1.54) is 0 Å². The summed E-state index contributed by atoms with van der Waals surface area (Å²) >= 11 is 5.51. The zero-order valence-electron chi connectivity index (χ0n) is 11.1. The fraction of sp³-hybridized carbons (Fsp3) is 0.267. The molecule has 2 aromatic carbocycles. The van der Waals surface area contributed by atoms with Crippen molar-refractivity contribution in [2.24, 2.45) is 0 Å². The molecule has 20 heavy (non-hydrogen) atoms. The van der Waals surface area contributed by atoms with Crippen molar-refractivity contribution in [1.82, 2.24) is 0 Å². The Bertz CT molecular complexity index is 547. The second-order valence-electron chi connectivity index (χ2n) is 4.12. The average molecular weight is 297 g/mol. The number of carboxylic acid groups (broad SMARTS) is 1. The number of carboxylic acids is 1. The van der Waals surface area contributed by atoms with Crippen molar-refractivity contribution in [2.75, 3.05) is 12.5 Å². The topological polar surface area (TPSA) is 66.8 Å². The van der Waals surface area contributed by atoms with E-state index in [2.05, 4.69) is 0 Å². The second-order valence-corrected chi connectivity index (χ2v) is 4.42. The summed E-state index contributed by atoms with van der Waals surface area (Å²) in [6, 6.07) is 13.8. The molecule has 0 amide bonds. The number of ether oxygens (including phenoxy) is 1. The number of fused-ring (bicyclic) bond motifs is 1. The van der Waals surface area contributed by atoms with Gasteiger partial charge in [0.1, 0.15) is 18.5 Å². The number of halogens is 1. The Labute approximate surface area is 122 Å². The molecule has 108 valence electrons. The van der Waals surface area contributed by atoms with Gasteiger partial charge in [-0.15, -0.1) is 11.6 Å². The molecule has 0 aromatic heterocycles. The Kier molecular flexibility index (Phi) is 6.84. The fourth-order valence-corrected chi connectivity index (χ4v) is 1.64. The van der Waals surface area contributed by atoms with Gasteiger partial charge in [0.2, 0.25) is 0 Å². The normalized spacial score (nSPS) is 11.3. The second kappa shape index (κ2) is 8.40. The van der Waals surface area contributed by atoms with Gasteiger partial charge in [0.25, 0.3) is 5.97 Å². The maximum atomic E-state index is 9.33. The van der Waals surface area contributed by atoms with Crippen LogP contribution in [-0.2, 0) is 4.79 Å². The highest BCUT2D eigenvalue weighted by atomic mass is 35.5. The van der Waals surface area contributed by atoms with E-state index in [0.29, 0.717) is 0 Å². The lowest BCUT2D eigenvalue weighted by Crippen LogP contribution is -2.18. The summed E-state index contributed by atoms with van der Waals surface area (Å²) in [5, 5.41) is 18.9. The number of aliphatic hydroxyl groups excluding tert-OH is 1. The van der Waals surface area contributed by atoms with E-state index in [9.17, 15) is 5.11 Å². The van der Waals surface area contributed by atoms with Crippen LogP contribution < -0.4 is 4.74 Å². The van der Waals surface area contributed by atoms with E-state index in [1.807, 2.05) is 42.5 Å². The summed E-state index contributed by atoms with van der Waals surface area (Å²) in [7, 11) is 0. The standard InChI is InChI=1S/C13H13ClO2.C2H4O2/c14-8-11(15)9-16-13-7-3-5-10-4-1-2-6-12(10)13;1-2(3)4/h1-7,11,15H,8-9H2;1H3,(H,3,4)/t11-;/m0./s1. The largest absolute Gasteiger partial charge is 0.490 e. The number of aliphatic hydroxyl groups is 1. The summed E-state index contributed by atoms with van der Waals surface area (Å²) < 4.78 is 5.54. The zero-order chi connectivity index (χ0) is 15.0. The van der Waals surface area contributed by atoms with Crippen LogP contribution >= 0.6 is 11.6 Å². The highest BCUT2D eigenvalue weighted by Gasteiger charge is 2.05. The maximum Gasteiger partial charge on any atom is 0.300 e. The van der Waals surface area contributed by atoms with Gasteiger partial charge in [0.05, 0.1) is 5.88 Å². The van der Waals surface area contributed by atoms with Crippen molar-refractivity contribution in [3.63, 3.8) is 0 Å². The molecule has 2 N–H and O–H groups in total. The minimum absolute atomic E-state index is 0.185. The molecule has 2 rings (SSSR count). The van der Waals surface area contributed by atoms with Crippen molar-refractivity contribution in [3.8, 4) is 5.75 Å². The number of hydrogen-bond donors (Lipinski definition) is 2. The van der Waals surface area contributed by atoms with E-state index in [1.54, 1.807) is 0 Å². The summed E-state index contributed by atoms with van der Waals surface area (Å²) in [5.74, 6) is 0.132. The van der Waals surface area contributed by atoms with Crippen molar-refractivity contribution >= 4 is 28.3 Å². The molecule has 0 aliphatic heterocycles. The fourth-order valence-electron chi connectivity index (χ4n) is 1.55. The summed E-state index contributed by atoms with van der Waals surface area (Å²) in [5.41, 5.74) is 0. The smallest absolute Gasteiger partial charge is 0.300 e. The predicted molar refractivity (Wildman–Crippen MR) is 79.5 cm³/mol. The SMILES string of the molecule is CC(=O)O.O[C@@H](CCl)COc1cccc2ccccc12. The number of hydrogen-bond acceptors (Lipinski definition) is 3. The lowest BCUT2D eigenvalue weighted by molar-refractivity contribution is -0.134. The van der Waals surface area contributed by atoms with Crippen LogP contribution in [-0.4, -0.2) is 34.8 Å². The van der Waals surface area contributed by atoms with Gasteiger partial charge < -0.3 is 14.9 Å². The number of alkyl halides is 1. The number of aliphatic carboxylic acids is 1. The van der Waals surface area contributed by atoms with Crippen molar-refractivity contribution < 1.29 is 19.7 Å². The Morgan fingerprint density at radius 3 is 2.50 bits per heavy atom. The molecular weight excluding hydrogens is 280 g/mol. The molecule has 2 aromatic rings. The van der Waals surface area contributed by atoms with E-state index >= 15 is 0 Å². The first-order chi connectivity index (χ1) is 9.54. The summed E-state index contributed by atoms with van der Waals surface area (Å²) in [4.78, 5) is 9.00. The first kappa shape index (κ1) is 16.3. The highest BCUT2D eigenvalue weighted by molar-refractivity contribution is 6.18. The molecule has 0 radical (unpaired) electrons. The third-order valence-corrected chi connectivity index (χ3v) is 2.72. The van der Waals surface area contributed by atoms with Crippen molar-refractivity contribution in [3.05, 3.63) is 42.5 Å². The Hall–Kier alpha value is -1.78. The number of rotatable bonds is 4. The first-order valence-corrected chi connectivity index (χ1v) is 6.62. The zero-order valence-corrected chi connectivity index (χ0v) is 11.9. The Balaban J connectivity index is 0.000000444. The van der Waals surface area contributed by atoms with Gasteiger partial charge in [0.15, 0.2) is 0 Å². The molecule has 0 aliphatic rings. The quantitative estimate of drug-likeness (QED) is 0.851. The van der Waals surface area contributed by atoms with Gasteiger partial charge in [-0.2, -0.15) is 0 Å². The first-order valence-electron chi connectivity index (χ1n) is 6.08. The molecule has 0 heterocycles. The van der Waals surface area contributed by atoms with Crippen LogP contribution in [0.15, 0.2) is 42.5 Å². The van der Waals surface area contributed by atoms with Crippen LogP contribution in [0.5, 0.6) is 5.75 Å². The molecular formula is C15H17ClO4. The van der Waals surface area contributed by atoms with Gasteiger partial charge in [-0.05, 0) is 11.5 Å². The minimum atomic E-state index is -0.833. The van der Waals surface area contributed by atoms with Crippen LogP contribution in [0.3, 0.4) is 0 Å². The Morgan fingerprint density at radius 2 is 1.85 bits per heavy atom. The van der Waals surface area contributed by atoms with Crippen LogP contribution in [0.1, 0.15) is 6.92 Å². The third kappa shape index (κ3) is 5.47. The van der Waals surface area contributed by atoms with Crippen molar-refractivity contribution in [2.45, 2.75) is 13.0 Å². The van der Waals surface area contributed by atoms with Crippen LogP contribution in [0, 0.1) is 0 Å². The number of benzene rings is 2.